The molecule has 0 spiro atoms. The summed E-state index contributed by atoms with van der Waals surface area (Å²) in [5.74, 6) is 1.63. The predicted molar refractivity (Wildman–Crippen MR) is 141 cm³/mol. The van der Waals surface area contributed by atoms with Gasteiger partial charge >= 0.3 is 0 Å². The second-order valence-corrected chi connectivity index (χ2v) is 9.09. The molecule has 0 radical (unpaired) electrons. The van der Waals surface area contributed by atoms with Crippen LogP contribution in [0.4, 0.5) is 0 Å². The van der Waals surface area contributed by atoms with Crippen LogP contribution in [-0.4, -0.2) is 40.6 Å². The molecule has 0 unspecified atom stereocenters. The molecule has 0 bridgehead atoms. The summed E-state index contributed by atoms with van der Waals surface area (Å²) in [5.41, 5.74) is 9.66. The van der Waals surface area contributed by atoms with E-state index in [0.29, 0.717) is 37.4 Å². The van der Waals surface area contributed by atoms with Gasteiger partial charge in [0.05, 0.1) is 24.2 Å². The highest BCUT2D eigenvalue weighted by Crippen LogP contribution is 2.33. The molecule has 1 atom stereocenters. The fourth-order valence-corrected chi connectivity index (χ4v) is 4.60. The number of methoxy groups -OCH3 is 1. The number of rotatable bonds is 10. The molecular weight excluding hydrogens is 436 g/mol. The third-order valence-electron chi connectivity index (χ3n) is 6.28. The van der Waals surface area contributed by atoms with Crippen molar-refractivity contribution in [2.24, 2.45) is 11.7 Å². The van der Waals surface area contributed by atoms with Gasteiger partial charge in [0.25, 0.3) is 5.91 Å². The van der Waals surface area contributed by atoms with E-state index in [1.807, 2.05) is 59.5 Å². The second kappa shape index (κ2) is 11.2. The maximum Gasteiger partial charge on any atom is 0.254 e. The Morgan fingerprint density at radius 1 is 1.03 bits per heavy atom. The number of benzene rings is 3. The summed E-state index contributed by atoms with van der Waals surface area (Å²) in [7, 11) is 1.61. The van der Waals surface area contributed by atoms with Gasteiger partial charge in [-0.1, -0.05) is 62.4 Å². The van der Waals surface area contributed by atoms with Crippen LogP contribution in [0.15, 0.2) is 78.9 Å². The molecule has 0 saturated heterocycles. The topological polar surface area (TPSA) is 73.4 Å². The van der Waals surface area contributed by atoms with Gasteiger partial charge in [-0.15, -0.1) is 0 Å². The predicted octanol–water partition coefficient (Wildman–Crippen LogP) is 5.28. The SMILES string of the molecule is COc1cccc(C(=O)N(CCCN)[C@@H](c2nc3ccccc3n2Cc2ccccc2)C(C)C)c1. The summed E-state index contributed by atoms with van der Waals surface area (Å²) in [6, 6.07) is 25.6. The molecule has 0 aliphatic heterocycles. The summed E-state index contributed by atoms with van der Waals surface area (Å²) in [6.45, 7) is 6.02. The molecule has 0 fully saturated rings. The van der Waals surface area contributed by atoms with Gasteiger partial charge < -0.3 is 19.9 Å². The highest BCUT2D eigenvalue weighted by atomic mass is 16.5. The zero-order chi connectivity index (χ0) is 24.8. The molecule has 0 saturated carbocycles. The lowest BCUT2D eigenvalue weighted by molar-refractivity contribution is 0.0605. The van der Waals surface area contributed by atoms with E-state index in [1.165, 1.54) is 5.56 Å². The maximum absolute atomic E-state index is 13.9. The lowest BCUT2D eigenvalue weighted by atomic mass is 9.99. The first-order valence-electron chi connectivity index (χ1n) is 12.2. The number of hydrogen-bond acceptors (Lipinski definition) is 4. The van der Waals surface area contributed by atoms with Crippen LogP contribution in [0.1, 0.15) is 48.1 Å². The minimum absolute atomic E-state index is 0.0469. The Kier molecular flexibility index (Phi) is 7.83. The number of aromatic nitrogens is 2. The van der Waals surface area contributed by atoms with Crippen LogP contribution in [0.25, 0.3) is 11.0 Å². The van der Waals surface area contributed by atoms with Gasteiger partial charge in [-0.05, 0) is 54.8 Å². The van der Waals surface area contributed by atoms with Gasteiger partial charge in [0.1, 0.15) is 11.6 Å². The summed E-state index contributed by atoms with van der Waals surface area (Å²) < 4.78 is 7.63. The Hall–Kier alpha value is -3.64. The minimum Gasteiger partial charge on any atom is -0.497 e. The molecule has 4 aromatic rings. The number of nitrogens with two attached hydrogens (primary N) is 1. The van der Waals surface area contributed by atoms with Crippen molar-refractivity contribution >= 4 is 16.9 Å². The highest BCUT2D eigenvalue weighted by molar-refractivity contribution is 5.95. The number of carbonyl (C=O) groups excluding carboxylic acids is 1. The molecule has 1 aromatic heterocycles. The molecule has 6 nitrogen and oxygen atoms in total. The molecule has 1 heterocycles. The van der Waals surface area contributed by atoms with Crippen molar-refractivity contribution in [2.45, 2.75) is 32.9 Å². The number of imidazole rings is 1. The normalized spacial score (nSPS) is 12.1. The average Bonchev–Trinajstić information content (AvgIpc) is 3.24. The largest absolute Gasteiger partial charge is 0.497 e. The van der Waals surface area contributed by atoms with E-state index in [0.717, 1.165) is 16.9 Å². The number of amides is 1. The monoisotopic (exact) mass is 470 g/mol. The highest BCUT2D eigenvalue weighted by Gasteiger charge is 2.32. The zero-order valence-corrected chi connectivity index (χ0v) is 20.7. The first kappa shape index (κ1) is 24.5. The van der Waals surface area contributed by atoms with Crippen LogP contribution in [0.2, 0.25) is 0 Å². The van der Waals surface area contributed by atoms with E-state index < -0.39 is 0 Å². The molecule has 0 aliphatic carbocycles. The number of nitrogens with zero attached hydrogens (tertiary/aromatic N) is 3. The molecule has 35 heavy (non-hydrogen) atoms. The van der Waals surface area contributed by atoms with Crippen LogP contribution in [0.5, 0.6) is 5.75 Å². The molecule has 182 valence electrons. The van der Waals surface area contributed by atoms with E-state index >= 15 is 0 Å². The number of fused-ring (bicyclic) bond motifs is 1. The maximum atomic E-state index is 13.9. The lowest BCUT2D eigenvalue weighted by Gasteiger charge is -2.34. The van der Waals surface area contributed by atoms with E-state index in [1.54, 1.807) is 13.2 Å². The molecule has 2 N–H and O–H groups in total. The van der Waals surface area contributed by atoms with Crippen molar-refractivity contribution in [1.29, 1.82) is 0 Å². The molecule has 1 amide bonds. The first-order chi connectivity index (χ1) is 17.0. The van der Waals surface area contributed by atoms with Crippen molar-refractivity contribution < 1.29 is 9.53 Å². The Balaban J connectivity index is 1.83. The van der Waals surface area contributed by atoms with Gasteiger partial charge in [-0.2, -0.15) is 0 Å². The zero-order valence-electron chi connectivity index (χ0n) is 20.7. The summed E-state index contributed by atoms with van der Waals surface area (Å²) in [6.07, 6.45) is 0.706. The van der Waals surface area contributed by atoms with E-state index in [-0.39, 0.29) is 17.9 Å². The fourth-order valence-electron chi connectivity index (χ4n) is 4.60. The smallest absolute Gasteiger partial charge is 0.254 e. The van der Waals surface area contributed by atoms with E-state index in [2.05, 4.69) is 36.6 Å². The number of hydrogen-bond donors (Lipinski definition) is 1. The van der Waals surface area contributed by atoms with Crippen LogP contribution in [0, 0.1) is 5.92 Å². The van der Waals surface area contributed by atoms with Gasteiger partial charge in [0.15, 0.2) is 0 Å². The van der Waals surface area contributed by atoms with Gasteiger partial charge in [-0.3, -0.25) is 4.79 Å². The van der Waals surface area contributed by atoms with Crippen molar-refractivity contribution in [2.75, 3.05) is 20.2 Å². The Bertz CT molecular complexity index is 1270. The van der Waals surface area contributed by atoms with Gasteiger partial charge in [0, 0.05) is 18.7 Å². The lowest BCUT2D eigenvalue weighted by Crippen LogP contribution is -2.40. The van der Waals surface area contributed by atoms with E-state index in [9.17, 15) is 4.79 Å². The van der Waals surface area contributed by atoms with Crippen molar-refractivity contribution in [1.82, 2.24) is 14.5 Å². The van der Waals surface area contributed by atoms with Crippen LogP contribution < -0.4 is 10.5 Å². The van der Waals surface area contributed by atoms with E-state index in [4.69, 9.17) is 15.5 Å². The van der Waals surface area contributed by atoms with Gasteiger partial charge in [-0.25, -0.2) is 4.98 Å². The summed E-state index contributed by atoms with van der Waals surface area (Å²) >= 11 is 0. The summed E-state index contributed by atoms with van der Waals surface area (Å²) in [4.78, 5) is 20.9. The third kappa shape index (κ3) is 5.38. The number of ether oxygens (including phenoxy) is 1. The molecule has 4 rings (SSSR count). The Morgan fingerprint density at radius 2 is 1.77 bits per heavy atom. The molecule has 3 aromatic carbocycles. The average molecular weight is 471 g/mol. The molecule has 0 aliphatic rings. The Morgan fingerprint density at radius 3 is 2.49 bits per heavy atom. The first-order valence-corrected chi connectivity index (χ1v) is 12.2. The second-order valence-electron chi connectivity index (χ2n) is 9.09. The molecule has 6 heteroatoms. The van der Waals surface area contributed by atoms with Crippen molar-refractivity contribution in [3.63, 3.8) is 0 Å². The quantitative estimate of drug-likeness (QED) is 0.342. The standard InChI is InChI=1S/C29H34N4O2/c1-21(2)27(32(18-10-17-30)29(34)23-13-9-14-24(19-23)35-3)28-31-25-15-7-8-16-26(25)33(28)20-22-11-5-4-6-12-22/h4-9,11-16,19,21,27H,10,17-18,20,30H2,1-3H3/t27-/m1/s1. The van der Waals surface area contributed by atoms with Crippen LogP contribution in [-0.2, 0) is 6.54 Å². The number of para-hydroxylation sites is 2. The van der Waals surface area contributed by atoms with Crippen LogP contribution in [0.3, 0.4) is 0 Å². The number of carbonyl (C=O) groups is 1. The van der Waals surface area contributed by atoms with Crippen molar-refractivity contribution in [3.05, 3.63) is 95.8 Å². The minimum atomic E-state index is -0.226. The third-order valence-corrected chi connectivity index (χ3v) is 6.28. The van der Waals surface area contributed by atoms with Crippen molar-refractivity contribution in [3.8, 4) is 5.75 Å². The molecular formula is C29H34N4O2. The fraction of sp³-hybridized carbons (Fsp3) is 0.310. The van der Waals surface area contributed by atoms with Crippen LogP contribution >= 0.6 is 0 Å². The van der Waals surface area contributed by atoms with Gasteiger partial charge in [0.2, 0.25) is 0 Å². The summed E-state index contributed by atoms with van der Waals surface area (Å²) in [5, 5.41) is 0. The Labute approximate surface area is 207 Å².